The van der Waals surface area contributed by atoms with Crippen LogP contribution in [0.15, 0.2) is 29.2 Å². The highest BCUT2D eigenvalue weighted by Gasteiger charge is 2.13. The van der Waals surface area contributed by atoms with E-state index in [1.807, 2.05) is 6.92 Å². The first kappa shape index (κ1) is 15.0. The number of halogens is 1. The molecule has 0 aliphatic carbocycles. The molecule has 0 bridgehead atoms. The van der Waals surface area contributed by atoms with Crippen molar-refractivity contribution < 1.29 is 13.2 Å². The number of anilines is 1. The molecule has 1 N–H and O–H groups in total. The lowest BCUT2D eigenvalue weighted by Crippen LogP contribution is -2.12. The van der Waals surface area contributed by atoms with Gasteiger partial charge in [0, 0.05) is 5.69 Å². The molecule has 0 unspecified atom stereocenters. The highest BCUT2D eigenvalue weighted by atomic mass is 35.5. The highest BCUT2D eigenvalue weighted by Crippen LogP contribution is 2.16. The second kappa shape index (κ2) is 6.75. The van der Waals surface area contributed by atoms with Gasteiger partial charge in [0.2, 0.25) is 5.91 Å². The van der Waals surface area contributed by atoms with Gasteiger partial charge in [-0.2, -0.15) is 0 Å². The summed E-state index contributed by atoms with van der Waals surface area (Å²) in [6, 6.07) is 6.11. The van der Waals surface area contributed by atoms with E-state index in [1.54, 1.807) is 12.1 Å². The van der Waals surface area contributed by atoms with Crippen molar-refractivity contribution in [2.75, 3.05) is 16.9 Å². The van der Waals surface area contributed by atoms with Crippen molar-refractivity contribution in [3.63, 3.8) is 0 Å². The molecule has 1 aromatic carbocycles. The predicted molar refractivity (Wildman–Crippen MR) is 72.8 cm³/mol. The topological polar surface area (TPSA) is 63.2 Å². The van der Waals surface area contributed by atoms with E-state index >= 15 is 0 Å². The average molecular weight is 290 g/mol. The van der Waals surface area contributed by atoms with E-state index in [0.717, 1.165) is 6.42 Å². The molecule has 0 radical (unpaired) electrons. The van der Waals surface area contributed by atoms with Crippen LogP contribution in [-0.2, 0) is 14.6 Å². The Kier molecular flexibility index (Phi) is 5.62. The Morgan fingerprint density at radius 2 is 1.89 bits per heavy atom. The Morgan fingerprint density at radius 1 is 1.28 bits per heavy atom. The van der Waals surface area contributed by atoms with Crippen molar-refractivity contribution in [2.45, 2.75) is 24.7 Å². The molecule has 0 fully saturated rings. The third-order valence-corrected chi connectivity index (χ3v) is 4.44. The van der Waals surface area contributed by atoms with Crippen LogP contribution < -0.4 is 5.32 Å². The Labute approximate surface area is 112 Å². The van der Waals surface area contributed by atoms with Crippen LogP contribution in [0.25, 0.3) is 0 Å². The van der Waals surface area contributed by atoms with Crippen molar-refractivity contribution in [3.8, 4) is 0 Å². The van der Waals surface area contributed by atoms with Gasteiger partial charge in [0.25, 0.3) is 0 Å². The second-order valence-electron chi connectivity index (χ2n) is 3.88. The summed E-state index contributed by atoms with van der Waals surface area (Å²) in [5.41, 5.74) is 0.537. The number of hydrogen-bond donors (Lipinski definition) is 1. The van der Waals surface area contributed by atoms with Crippen molar-refractivity contribution >= 4 is 33.0 Å². The third kappa shape index (κ3) is 4.31. The van der Waals surface area contributed by atoms with Crippen LogP contribution in [0.3, 0.4) is 0 Å². The molecule has 4 nitrogen and oxygen atoms in total. The van der Waals surface area contributed by atoms with Gasteiger partial charge in [-0.05, 0) is 30.7 Å². The van der Waals surface area contributed by atoms with Crippen LogP contribution >= 0.6 is 11.6 Å². The minimum atomic E-state index is -3.21. The number of carbonyl (C=O) groups is 1. The first-order valence-electron chi connectivity index (χ1n) is 5.68. The fraction of sp³-hybridized carbons (Fsp3) is 0.417. The van der Waals surface area contributed by atoms with Gasteiger partial charge >= 0.3 is 0 Å². The lowest BCUT2D eigenvalue weighted by molar-refractivity contribution is -0.113. The summed E-state index contributed by atoms with van der Waals surface area (Å²) in [6.45, 7) is 1.94. The van der Waals surface area contributed by atoms with Gasteiger partial charge in [-0.15, -0.1) is 11.6 Å². The highest BCUT2D eigenvalue weighted by molar-refractivity contribution is 7.91. The van der Waals surface area contributed by atoms with E-state index in [4.69, 9.17) is 11.6 Å². The van der Waals surface area contributed by atoms with E-state index in [9.17, 15) is 13.2 Å². The lowest BCUT2D eigenvalue weighted by Gasteiger charge is -2.06. The molecular weight excluding hydrogens is 274 g/mol. The van der Waals surface area contributed by atoms with Crippen molar-refractivity contribution in [1.29, 1.82) is 0 Å². The molecule has 0 aliphatic rings. The van der Waals surface area contributed by atoms with E-state index in [1.165, 1.54) is 12.1 Å². The maximum atomic E-state index is 11.9. The summed E-state index contributed by atoms with van der Waals surface area (Å²) in [7, 11) is -3.21. The first-order valence-corrected chi connectivity index (χ1v) is 7.87. The number of carbonyl (C=O) groups excluding carboxylic acids is 1. The first-order chi connectivity index (χ1) is 8.49. The SMILES string of the molecule is CCCCS(=O)(=O)c1ccc(NC(=O)CCl)cc1. The minimum Gasteiger partial charge on any atom is -0.325 e. The minimum absolute atomic E-state index is 0.128. The van der Waals surface area contributed by atoms with Gasteiger partial charge < -0.3 is 5.32 Å². The molecule has 0 atom stereocenters. The zero-order chi connectivity index (χ0) is 13.6. The molecule has 18 heavy (non-hydrogen) atoms. The van der Waals surface area contributed by atoms with Gasteiger partial charge in [0.05, 0.1) is 10.6 Å². The zero-order valence-corrected chi connectivity index (χ0v) is 11.7. The van der Waals surface area contributed by atoms with Crippen molar-refractivity contribution in [3.05, 3.63) is 24.3 Å². The zero-order valence-electron chi connectivity index (χ0n) is 10.1. The Morgan fingerprint density at radius 3 is 2.39 bits per heavy atom. The number of amides is 1. The molecule has 0 saturated heterocycles. The summed E-state index contributed by atoms with van der Waals surface area (Å²) >= 11 is 5.36. The fourth-order valence-electron chi connectivity index (χ4n) is 1.39. The molecule has 1 amide bonds. The number of alkyl halides is 1. The molecular formula is C12H16ClNO3S. The smallest absolute Gasteiger partial charge is 0.239 e. The number of rotatable bonds is 6. The molecule has 1 rings (SSSR count). The van der Waals surface area contributed by atoms with Gasteiger partial charge in [-0.3, -0.25) is 4.79 Å². The summed E-state index contributed by atoms with van der Waals surface area (Å²) in [6.07, 6.45) is 1.48. The normalized spacial score (nSPS) is 11.2. The Hall–Kier alpha value is -1.07. The number of benzene rings is 1. The summed E-state index contributed by atoms with van der Waals surface area (Å²) in [4.78, 5) is 11.3. The van der Waals surface area contributed by atoms with Crippen LogP contribution in [0.2, 0.25) is 0 Å². The van der Waals surface area contributed by atoms with Crippen LogP contribution in [0.1, 0.15) is 19.8 Å². The second-order valence-corrected chi connectivity index (χ2v) is 6.26. The number of nitrogens with one attached hydrogen (secondary N) is 1. The molecule has 100 valence electrons. The van der Waals surface area contributed by atoms with Gasteiger partial charge in [0.1, 0.15) is 5.88 Å². The average Bonchev–Trinajstić information content (AvgIpc) is 2.37. The third-order valence-electron chi connectivity index (χ3n) is 2.39. The van der Waals surface area contributed by atoms with Crippen LogP contribution in [-0.4, -0.2) is 26.0 Å². The maximum Gasteiger partial charge on any atom is 0.239 e. The van der Waals surface area contributed by atoms with E-state index in [0.29, 0.717) is 12.1 Å². The van der Waals surface area contributed by atoms with Gasteiger partial charge in [0.15, 0.2) is 9.84 Å². The Balaban J connectivity index is 2.79. The Bertz CT molecular complexity index is 497. The molecule has 0 spiro atoms. The van der Waals surface area contributed by atoms with Gasteiger partial charge in [-0.25, -0.2) is 8.42 Å². The van der Waals surface area contributed by atoms with Crippen LogP contribution in [0.5, 0.6) is 0 Å². The molecule has 1 aromatic rings. The molecule has 6 heteroatoms. The largest absolute Gasteiger partial charge is 0.325 e. The summed E-state index contributed by atoms with van der Waals surface area (Å²) < 4.78 is 23.7. The van der Waals surface area contributed by atoms with Gasteiger partial charge in [-0.1, -0.05) is 13.3 Å². The van der Waals surface area contributed by atoms with E-state index in [-0.39, 0.29) is 22.4 Å². The monoisotopic (exact) mass is 289 g/mol. The molecule has 0 saturated carbocycles. The maximum absolute atomic E-state index is 11.9. The summed E-state index contributed by atoms with van der Waals surface area (Å²) in [5.74, 6) is -0.300. The van der Waals surface area contributed by atoms with Crippen molar-refractivity contribution in [2.24, 2.45) is 0 Å². The number of unbranched alkanes of at least 4 members (excludes halogenated alkanes) is 1. The molecule has 0 heterocycles. The van der Waals surface area contributed by atoms with E-state index in [2.05, 4.69) is 5.32 Å². The predicted octanol–water partition coefficient (Wildman–Crippen LogP) is 2.44. The fourth-order valence-corrected chi connectivity index (χ4v) is 2.91. The van der Waals surface area contributed by atoms with Crippen LogP contribution in [0, 0.1) is 0 Å². The standard InChI is InChI=1S/C12H16ClNO3S/c1-2-3-8-18(16,17)11-6-4-10(5-7-11)14-12(15)9-13/h4-7H,2-3,8-9H2,1H3,(H,14,15). The number of hydrogen-bond acceptors (Lipinski definition) is 3. The summed E-state index contributed by atoms with van der Waals surface area (Å²) in [5, 5.41) is 2.55. The quantitative estimate of drug-likeness (QED) is 0.818. The van der Waals surface area contributed by atoms with Crippen LogP contribution in [0.4, 0.5) is 5.69 Å². The van der Waals surface area contributed by atoms with Crippen molar-refractivity contribution in [1.82, 2.24) is 0 Å². The number of sulfone groups is 1. The molecule has 0 aromatic heterocycles. The lowest BCUT2D eigenvalue weighted by atomic mass is 10.3. The van der Waals surface area contributed by atoms with E-state index < -0.39 is 9.84 Å². The molecule has 0 aliphatic heterocycles.